The van der Waals surface area contributed by atoms with Crippen LogP contribution in [-0.2, 0) is 13.5 Å². The van der Waals surface area contributed by atoms with E-state index in [1.807, 2.05) is 38.2 Å². The van der Waals surface area contributed by atoms with Crippen molar-refractivity contribution in [2.24, 2.45) is 12.8 Å². The Hall–Kier alpha value is -1.81. The molecule has 0 saturated heterocycles. The van der Waals surface area contributed by atoms with Gasteiger partial charge in [0, 0.05) is 18.7 Å². The van der Waals surface area contributed by atoms with Crippen molar-refractivity contribution in [1.29, 1.82) is 0 Å². The van der Waals surface area contributed by atoms with E-state index in [9.17, 15) is 0 Å². The number of hydrogen-bond acceptors (Lipinski definition) is 3. The van der Waals surface area contributed by atoms with Crippen molar-refractivity contribution >= 4 is 0 Å². The van der Waals surface area contributed by atoms with E-state index in [0.717, 1.165) is 29.3 Å². The molecule has 2 rings (SSSR count). The van der Waals surface area contributed by atoms with Crippen molar-refractivity contribution in [3.05, 3.63) is 41.1 Å². The number of ether oxygens (including phenoxy) is 1. The average molecular weight is 259 g/mol. The Kier molecular flexibility index (Phi) is 3.90. The first-order chi connectivity index (χ1) is 9.02. The second kappa shape index (κ2) is 5.45. The number of benzene rings is 1. The minimum Gasteiger partial charge on any atom is -0.439 e. The summed E-state index contributed by atoms with van der Waals surface area (Å²) in [5.74, 6) is 1.60. The third-order valence-corrected chi connectivity index (χ3v) is 3.14. The minimum atomic E-state index is -0.0866. The predicted octanol–water partition coefficient (Wildman–Crippen LogP) is 3.10. The van der Waals surface area contributed by atoms with Gasteiger partial charge in [-0.25, -0.2) is 4.68 Å². The van der Waals surface area contributed by atoms with Crippen LogP contribution >= 0.6 is 0 Å². The summed E-state index contributed by atoms with van der Waals surface area (Å²) in [7, 11) is 1.88. The topological polar surface area (TPSA) is 53.1 Å². The number of hydrogen-bond donors (Lipinski definition) is 1. The largest absolute Gasteiger partial charge is 0.439 e. The van der Waals surface area contributed by atoms with Gasteiger partial charge in [0.15, 0.2) is 0 Å². The molecule has 4 heteroatoms. The highest BCUT2D eigenvalue weighted by atomic mass is 16.5. The van der Waals surface area contributed by atoms with Crippen LogP contribution in [-0.4, -0.2) is 9.78 Å². The van der Waals surface area contributed by atoms with E-state index in [-0.39, 0.29) is 6.04 Å². The molecule has 0 spiro atoms. The van der Waals surface area contributed by atoms with Gasteiger partial charge in [-0.2, -0.15) is 5.10 Å². The summed E-state index contributed by atoms with van der Waals surface area (Å²) < 4.78 is 7.72. The summed E-state index contributed by atoms with van der Waals surface area (Å²) in [6.07, 6.45) is 0.853. The standard InChI is InChI=1S/C15H21N3O/c1-5-13-14(11(3)16)17-18(4)15(13)19-12-8-6-10(2)7-9-12/h6-9,11H,5,16H2,1-4H3. The lowest BCUT2D eigenvalue weighted by atomic mass is 10.1. The first-order valence-corrected chi connectivity index (χ1v) is 6.58. The lowest BCUT2D eigenvalue weighted by molar-refractivity contribution is 0.426. The molecule has 1 unspecified atom stereocenters. The third kappa shape index (κ3) is 2.79. The monoisotopic (exact) mass is 259 g/mol. The van der Waals surface area contributed by atoms with Crippen LogP contribution in [0.2, 0.25) is 0 Å². The molecule has 1 heterocycles. The molecule has 1 aromatic heterocycles. The smallest absolute Gasteiger partial charge is 0.221 e. The van der Waals surface area contributed by atoms with Gasteiger partial charge in [0.2, 0.25) is 5.88 Å². The molecule has 0 amide bonds. The van der Waals surface area contributed by atoms with Gasteiger partial charge < -0.3 is 10.5 Å². The van der Waals surface area contributed by atoms with Crippen molar-refractivity contribution in [3.63, 3.8) is 0 Å². The molecule has 4 nitrogen and oxygen atoms in total. The fraction of sp³-hybridized carbons (Fsp3) is 0.400. The molecule has 19 heavy (non-hydrogen) atoms. The van der Waals surface area contributed by atoms with Gasteiger partial charge in [0.05, 0.1) is 5.69 Å². The van der Waals surface area contributed by atoms with E-state index >= 15 is 0 Å². The van der Waals surface area contributed by atoms with Gasteiger partial charge in [-0.15, -0.1) is 0 Å². The van der Waals surface area contributed by atoms with Gasteiger partial charge in [0.1, 0.15) is 5.75 Å². The number of aryl methyl sites for hydroxylation is 2. The molecule has 2 aromatic rings. The van der Waals surface area contributed by atoms with Crippen LogP contribution in [0.4, 0.5) is 0 Å². The molecule has 0 saturated carbocycles. The molecular formula is C15H21N3O. The molecule has 0 aliphatic rings. The molecule has 0 bridgehead atoms. The van der Waals surface area contributed by atoms with Crippen LogP contribution < -0.4 is 10.5 Å². The second-order valence-corrected chi connectivity index (χ2v) is 4.85. The van der Waals surface area contributed by atoms with Crippen molar-refractivity contribution in [3.8, 4) is 11.6 Å². The van der Waals surface area contributed by atoms with Gasteiger partial charge in [-0.05, 0) is 32.4 Å². The van der Waals surface area contributed by atoms with Crippen LogP contribution in [0.3, 0.4) is 0 Å². The highest BCUT2D eigenvalue weighted by Crippen LogP contribution is 2.30. The maximum atomic E-state index is 5.96. The Morgan fingerprint density at radius 1 is 1.32 bits per heavy atom. The fourth-order valence-corrected chi connectivity index (χ4v) is 2.12. The molecule has 0 radical (unpaired) electrons. The lowest BCUT2D eigenvalue weighted by Crippen LogP contribution is -2.08. The molecule has 0 fully saturated rings. The van der Waals surface area contributed by atoms with E-state index < -0.39 is 0 Å². The van der Waals surface area contributed by atoms with E-state index in [1.54, 1.807) is 4.68 Å². The minimum absolute atomic E-state index is 0.0866. The van der Waals surface area contributed by atoms with Gasteiger partial charge in [-0.1, -0.05) is 24.6 Å². The Balaban J connectivity index is 2.36. The van der Waals surface area contributed by atoms with Crippen molar-refractivity contribution in [2.45, 2.75) is 33.2 Å². The highest BCUT2D eigenvalue weighted by molar-refractivity contribution is 5.37. The van der Waals surface area contributed by atoms with Crippen molar-refractivity contribution < 1.29 is 4.74 Å². The van der Waals surface area contributed by atoms with E-state index in [0.29, 0.717) is 0 Å². The number of aromatic nitrogens is 2. The van der Waals surface area contributed by atoms with Crippen LogP contribution in [0.5, 0.6) is 11.6 Å². The normalized spacial score (nSPS) is 12.5. The summed E-state index contributed by atoms with van der Waals surface area (Å²) in [5.41, 5.74) is 9.16. The number of rotatable bonds is 4. The zero-order chi connectivity index (χ0) is 14.0. The summed E-state index contributed by atoms with van der Waals surface area (Å²) in [6.45, 7) is 6.08. The Morgan fingerprint density at radius 3 is 2.47 bits per heavy atom. The van der Waals surface area contributed by atoms with Gasteiger partial charge >= 0.3 is 0 Å². The zero-order valence-electron chi connectivity index (χ0n) is 12.0. The lowest BCUT2D eigenvalue weighted by Gasteiger charge is -2.08. The summed E-state index contributed by atoms with van der Waals surface area (Å²) in [6, 6.07) is 7.91. The molecule has 0 aliphatic carbocycles. The predicted molar refractivity (Wildman–Crippen MR) is 76.4 cm³/mol. The average Bonchev–Trinajstić information content (AvgIpc) is 2.69. The Bertz CT molecular complexity index is 556. The maximum absolute atomic E-state index is 5.96. The molecule has 0 aliphatic heterocycles. The van der Waals surface area contributed by atoms with E-state index in [1.165, 1.54) is 5.56 Å². The molecular weight excluding hydrogens is 238 g/mol. The van der Waals surface area contributed by atoms with E-state index in [2.05, 4.69) is 18.9 Å². The first kappa shape index (κ1) is 13.6. The first-order valence-electron chi connectivity index (χ1n) is 6.58. The summed E-state index contributed by atoms with van der Waals surface area (Å²) in [5, 5.41) is 4.46. The van der Waals surface area contributed by atoms with Crippen LogP contribution in [0.1, 0.15) is 36.7 Å². The molecule has 2 N–H and O–H groups in total. The molecule has 1 atom stereocenters. The van der Waals surface area contributed by atoms with E-state index in [4.69, 9.17) is 10.5 Å². The number of nitrogens with two attached hydrogens (primary N) is 1. The summed E-state index contributed by atoms with van der Waals surface area (Å²) >= 11 is 0. The Morgan fingerprint density at radius 2 is 1.95 bits per heavy atom. The van der Waals surface area contributed by atoms with Crippen molar-refractivity contribution in [1.82, 2.24) is 9.78 Å². The zero-order valence-corrected chi connectivity index (χ0v) is 12.0. The Labute approximate surface area is 114 Å². The van der Waals surface area contributed by atoms with Crippen LogP contribution in [0.25, 0.3) is 0 Å². The van der Waals surface area contributed by atoms with Gasteiger partial charge in [-0.3, -0.25) is 0 Å². The molecule has 1 aromatic carbocycles. The number of nitrogens with zero attached hydrogens (tertiary/aromatic N) is 2. The van der Waals surface area contributed by atoms with Crippen LogP contribution in [0, 0.1) is 6.92 Å². The quantitative estimate of drug-likeness (QED) is 0.918. The maximum Gasteiger partial charge on any atom is 0.221 e. The third-order valence-electron chi connectivity index (χ3n) is 3.14. The molecule has 102 valence electrons. The summed E-state index contributed by atoms with van der Waals surface area (Å²) in [4.78, 5) is 0. The SMILES string of the molecule is CCc1c(C(C)N)nn(C)c1Oc1ccc(C)cc1. The highest BCUT2D eigenvalue weighted by Gasteiger charge is 2.18. The van der Waals surface area contributed by atoms with Crippen LogP contribution in [0.15, 0.2) is 24.3 Å². The fourth-order valence-electron chi connectivity index (χ4n) is 2.12. The van der Waals surface area contributed by atoms with Gasteiger partial charge in [0.25, 0.3) is 0 Å². The van der Waals surface area contributed by atoms with Crippen molar-refractivity contribution in [2.75, 3.05) is 0 Å². The second-order valence-electron chi connectivity index (χ2n) is 4.85.